The molecule has 0 saturated carbocycles. The van der Waals surface area contributed by atoms with Crippen LogP contribution in [0.2, 0.25) is 0 Å². The zero-order chi connectivity index (χ0) is 22.7. The molecule has 4 rings (SSSR count). The normalized spacial score (nSPS) is 15.3. The number of hydrogen-bond donors (Lipinski definition) is 1. The summed E-state index contributed by atoms with van der Waals surface area (Å²) in [5, 5.41) is 9.72. The van der Waals surface area contributed by atoms with Gasteiger partial charge in [0.15, 0.2) is 0 Å². The summed E-state index contributed by atoms with van der Waals surface area (Å²) in [5.74, 6) is 0.766. The fourth-order valence-electron chi connectivity index (χ4n) is 4.19. The van der Waals surface area contributed by atoms with E-state index in [1.165, 1.54) is 4.90 Å². The number of hydrogen-bond acceptors (Lipinski definition) is 3. The Hall–Kier alpha value is -3.60. The van der Waals surface area contributed by atoms with Crippen molar-refractivity contribution >= 4 is 17.5 Å². The Morgan fingerprint density at radius 3 is 2.09 bits per heavy atom. The third-order valence-corrected chi connectivity index (χ3v) is 5.57. The molecule has 0 aliphatic carbocycles. The smallest absolute Gasteiger partial charge is 0.408 e. The highest BCUT2D eigenvalue weighted by atomic mass is 16.5. The fourth-order valence-corrected chi connectivity index (χ4v) is 4.19. The van der Waals surface area contributed by atoms with Crippen molar-refractivity contribution in [2.45, 2.75) is 38.8 Å². The summed E-state index contributed by atoms with van der Waals surface area (Å²) >= 11 is 0. The van der Waals surface area contributed by atoms with Crippen LogP contribution in [0.15, 0.2) is 83.9 Å². The van der Waals surface area contributed by atoms with E-state index in [9.17, 15) is 9.90 Å². The standard InChI is InChI=1S/C27H28N2O3/c1-27(2,3)29(26(30)31)23-16-21-14-15-22(17-24(21)32-18-23)28-25(19-10-6-4-7-11-19)20-12-8-5-9-13-20/h4-15,17,23H,16,18H2,1-3H3,(H,30,31). The minimum Gasteiger partial charge on any atom is -0.491 e. The van der Waals surface area contributed by atoms with Crippen molar-refractivity contribution in [3.05, 3.63) is 95.6 Å². The van der Waals surface area contributed by atoms with Gasteiger partial charge >= 0.3 is 6.09 Å². The Balaban J connectivity index is 1.66. The molecule has 5 nitrogen and oxygen atoms in total. The van der Waals surface area contributed by atoms with Crippen LogP contribution >= 0.6 is 0 Å². The number of ether oxygens (including phenoxy) is 1. The Morgan fingerprint density at radius 2 is 1.56 bits per heavy atom. The molecule has 0 bridgehead atoms. The van der Waals surface area contributed by atoms with Crippen LogP contribution in [-0.2, 0) is 6.42 Å². The van der Waals surface area contributed by atoms with Crippen LogP contribution in [0.4, 0.5) is 10.5 Å². The molecule has 0 radical (unpaired) electrons. The average Bonchev–Trinajstić information content (AvgIpc) is 2.77. The number of nitrogens with zero attached hydrogens (tertiary/aromatic N) is 2. The molecule has 1 amide bonds. The molecule has 0 spiro atoms. The lowest BCUT2D eigenvalue weighted by Crippen LogP contribution is -2.54. The van der Waals surface area contributed by atoms with Gasteiger partial charge in [0.05, 0.1) is 17.4 Å². The largest absolute Gasteiger partial charge is 0.491 e. The van der Waals surface area contributed by atoms with E-state index in [0.29, 0.717) is 13.0 Å². The van der Waals surface area contributed by atoms with Gasteiger partial charge in [0.25, 0.3) is 0 Å². The van der Waals surface area contributed by atoms with E-state index in [0.717, 1.165) is 33.8 Å². The van der Waals surface area contributed by atoms with Crippen LogP contribution in [0.5, 0.6) is 5.75 Å². The highest BCUT2D eigenvalue weighted by Gasteiger charge is 2.36. The SMILES string of the molecule is CC(C)(C)N(C(=O)O)C1COc2cc(N=C(c3ccccc3)c3ccccc3)ccc2C1. The zero-order valence-corrected chi connectivity index (χ0v) is 18.7. The van der Waals surface area contributed by atoms with Crippen LogP contribution in [0.1, 0.15) is 37.5 Å². The molecule has 1 atom stereocenters. The number of carbonyl (C=O) groups is 1. The molecule has 0 aromatic heterocycles. The summed E-state index contributed by atoms with van der Waals surface area (Å²) in [6.07, 6.45) is -0.307. The molecular weight excluding hydrogens is 400 g/mol. The molecule has 5 heteroatoms. The molecule has 1 aliphatic heterocycles. The maximum Gasteiger partial charge on any atom is 0.408 e. The van der Waals surface area contributed by atoms with Crippen molar-refractivity contribution in [2.24, 2.45) is 4.99 Å². The third-order valence-electron chi connectivity index (χ3n) is 5.57. The first-order valence-corrected chi connectivity index (χ1v) is 10.8. The minimum atomic E-state index is -0.925. The second kappa shape index (κ2) is 8.87. The number of rotatable bonds is 4. The highest BCUT2D eigenvalue weighted by molar-refractivity contribution is 6.13. The molecular formula is C27H28N2O3. The van der Waals surface area contributed by atoms with Crippen molar-refractivity contribution in [1.82, 2.24) is 4.90 Å². The molecule has 1 aliphatic rings. The molecule has 32 heavy (non-hydrogen) atoms. The summed E-state index contributed by atoms with van der Waals surface area (Å²) < 4.78 is 6.02. The molecule has 0 saturated heterocycles. The van der Waals surface area contributed by atoms with Crippen molar-refractivity contribution in [3.8, 4) is 5.75 Å². The van der Waals surface area contributed by atoms with Gasteiger partial charge in [0, 0.05) is 22.7 Å². The Kier molecular flexibility index (Phi) is 5.99. The van der Waals surface area contributed by atoms with Gasteiger partial charge in [-0.2, -0.15) is 0 Å². The minimum absolute atomic E-state index is 0.224. The van der Waals surface area contributed by atoms with Crippen LogP contribution in [0.3, 0.4) is 0 Å². The number of carboxylic acid groups (broad SMARTS) is 1. The van der Waals surface area contributed by atoms with Gasteiger partial charge in [-0.15, -0.1) is 0 Å². The summed E-state index contributed by atoms with van der Waals surface area (Å²) in [7, 11) is 0. The summed E-state index contributed by atoms with van der Waals surface area (Å²) in [6.45, 7) is 6.05. The van der Waals surface area contributed by atoms with E-state index in [1.54, 1.807) is 0 Å². The van der Waals surface area contributed by atoms with Crippen molar-refractivity contribution < 1.29 is 14.6 Å². The van der Waals surface area contributed by atoms with Crippen LogP contribution in [0, 0.1) is 0 Å². The topological polar surface area (TPSA) is 62.1 Å². The van der Waals surface area contributed by atoms with E-state index in [-0.39, 0.29) is 6.04 Å². The monoisotopic (exact) mass is 428 g/mol. The second-order valence-electron chi connectivity index (χ2n) is 8.98. The molecule has 1 N–H and O–H groups in total. The van der Waals surface area contributed by atoms with E-state index in [2.05, 4.69) is 24.3 Å². The summed E-state index contributed by atoms with van der Waals surface area (Å²) in [4.78, 5) is 18.3. The first-order chi connectivity index (χ1) is 15.3. The number of fused-ring (bicyclic) bond motifs is 1. The van der Waals surface area contributed by atoms with Crippen LogP contribution in [-0.4, -0.2) is 40.0 Å². The maximum absolute atomic E-state index is 11.9. The fraction of sp³-hybridized carbons (Fsp3) is 0.259. The molecule has 3 aromatic rings. The van der Waals surface area contributed by atoms with Gasteiger partial charge in [-0.3, -0.25) is 4.90 Å². The first kappa shape index (κ1) is 21.6. The number of amides is 1. The molecule has 1 heterocycles. The van der Waals surface area contributed by atoms with Gasteiger partial charge in [0.2, 0.25) is 0 Å². The van der Waals surface area contributed by atoms with Gasteiger partial charge in [0.1, 0.15) is 12.4 Å². The highest BCUT2D eigenvalue weighted by Crippen LogP contribution is 2.33. The third kappa shape index (κ3) is 4.67. The van der Waals surface area contributed by atoms with Gasteiger partial charge in [-0.25, -0.2) is 9.79 Å². The number of aliphatic imine (C=N–C) groups is 1. The average molecular weight is 429 g/mol. The molecule has 3 aromatic carbocycles. The van der Waals surface area contributed by atoms with E-state index in [4.69, 9.17) is 9.73 Å². The van der Waals surface area contributed by atoms with Crippen molar-refractivity contribution in [1.29, 1.82) is 0 Å². The number of benzene rings is 3. The van der Waals surface area contributed by atoms with Crippen LogP contribution in [0.25, 0.3) is 0 Å². The molecule has 1 unspecified atom stereocenters. The Morgan fingerprint density at radius 1 is 0.969 bits per heavy atom. The lowest BCUT2D eigenvalue weighted by molar-refractivity contribution is 0.0451. The lowest BCUT2D eigenvalue weighted by atomic mass is 9.96. The summed E-state index contributed by atoms with van der Waals surface area (Å²) in [6, 6.07) is 25.9. The van der Waals surface area contributed by atoms with Gasteiger partial charge < -0.3 is 9.84 Å². The van der Waals surface area contributed by atoms with Crippen LogP contribution < -0.4 is 4.74 Å². The maximum atomic E-state index is 11.9. The van der Waals surface area contributed by atoms with Gasteiger partial charge in [-0.1, -0.05) is 66.7 Å². The quantitative estimate of drug-likeness (QED) is 0.523. The summed E-state index contributed by atoms with van der Waals surface area (Å²) in [5.41, 5.74) is 4.28. The van der Waals surface area contributed by atoms with Crippen molar-refractivity contribution in [3.63, 3.8) is 0 Å². The van der Waals surface area contributed by atoms with E-state index in [1.807, 2.05) is 75.4 Å². The Labute approximate surface area is 189 Å². The van der Waals surface area contributed by atoms with E-state index < -0.39 is 11.6 Å². The lowest BCUT2D eigenvalue weighted by Gasteiger charge is -2.41. The van der Waals surface area contributed by atoms with Crippen molar-refractivity contribution in [2.75, 3.05) is 6.61 Å². The zero-order valence-electron chi connectivity index (χ0n) is 18.7. The molecule has 0 fully saturated rings. The Bertz CT molecular complexity index is 1080. The van der Waals surface area contributed by atoms with Gasteiger partial charge in [-0.05, 0) is 38.8 Å². The predicted octanol–water partition coefficient (Wildman–Crippen LogP) is 5.94. The predicted molar refractivity (Wildman–Crippen MR) is 127 cm³/mol. The second-order valence-corrected chi connectivity index (χ2v) is 8.98. The van der Waals surface area contributed by atoms with E-state index >= 15 is 0 Å². The first-order valence-electron chi connectivity index (χ1n) is 10.8. The molecule has 164 valence electrons.